The molecule has 15 heavy (non-hydrogen) atoms. The van der Waals surface area contributed by atoms with E-state index in [0.717, 1.165) is 0 Å². The molecule has 0 aromatic carbocycles. The SMILES string of the molecule is CC1C(C(=O)O)CCN1CCS(C)(=O)=O. The summed E-state index contributed by atoms with van der Waals surface area (Å²) in [6.07, 6.45) is 1.81. The summed E-state index contributed by atoms with van der Waals surface area (Å²) >= 11 is 0. The fraction of sp³-hybridized carbons (Fsp3) is 0.889. The van der Waals surface area contributed by atoms with Crippen LogP contribution >= 0.6 is 0 Å². The predicted molar refractivity (Wildman–Crippen MR) is 56.5 cm³/mol. The summed E-state index contributed by atoms with van der Waals surface area (Å²) in [5.41, 5.74) is 0. The summed E-state index contributed by atoms with van der Waals surface area (Å²) in [5, 5.41) is 8.88. The highest BCUT2D eigenvalue weighted by molar-refractivity contribution is 7.90. The highest BCUT2D eigenvalue weighted by Crippen LogP contribution is 2.23. The molecule has 1 N–H and O–H groups in total. The van der Waals surface area contributed by atoms with Crippen molar-refractivity contribution in [3.63, 3.8) is 0 Å². The van der Waals surface area contributed by atoms with Crippen LogP contribution in [0.15, 0.2) is 0 Å². The van der Waals surface area contributed by atoms with E-state index in [9.17, 15) is 13.2 Å². The first-order chi connectivity index (χ1) is 6.81. The van der Waals surface area contributed by atoms with Gasteiger partial charge in [0.1, 0.15) is 9.84 Å². The van der Waals surface area contributed by atoms with Crippen molar-refractivity contribution in [2.45, 2.75) is 19.4 Å². The van der Waals surface area contributed by atoms with E-state index in [4.69, 9.17) is 5.11 Å². The van der Waals surface area contributed by atoms with Gasteiger partial charge in [0.25, 0.3) is 0 Å². The minimum absolute atomic E-state index is 0.0655. The first-order valence-electron chi connectivity index (χ1n) is 4.96. The fourth-order valence-corrected chi connectivity index (χ4v) is 2.50. The Bertz CT molecular complexity index is 338. The quantitative estimate of drug-likeness (QED) is 0.732. The molecule has 0 spiro atoms. The van der Waals surface area contributed by atoms with Gasteiger partial charge in [-0.05, 0) is 19.9 Å². The number of carboxylic acids is 1. The number of carboxylic acid groups (broad SMARTS) is 1. The topological polar surface area (TPSA) is 74.7 Å². The largest absolute Gasteiger partial charge is 0.481 e. The first kappa shape index (κ1) is 12.4. The minimum Gasteiger partial charge on any atom is -0.481 e. The molecule has 0 amide bonds. The molecular formula is C9H17NO4S. The molecule has 1 rings (SSSR count). The van der Waals surface area contributed by atoms with E-state index >= 15 is 0 Å². The highest BCUT2D eigenvalue weighted by atomic mass is 32.2. The third-order valence-electron chi connectivity index (χ3n) is 2.95. The van der Waals surface area contributed by atoms with Gasteiger partial charge in [-0.1, -0.05) is 0 Å². The number of aliphatic carboxylic acids is 1. The molecule has 0 saturated carbocycles. The van der Waals surface area contributed by atoms with Crippen molar-refractivity contribution in [1.29, 1.82) is 0 Å². The number of rotatable bonds is 4. The molecule has 1 heterocycles. The van der Waals surface area contributed by atoms with Crippen LogP contribution in [0.4, 0.5) is 0 Å². The zero-order valence-electron chi connectivity index (χ0n) is 9.01. The molecule has 1 saturated heterocycles. The van der Waals surface area contributed by atoms with Gasteiger partial charge in [0.2, 0.25) is 0 Å². The van der Waals surface area contributed by atoms with Crippen LogP contribution in [-0.4, -0.2) is 55.5 Å². The number of carbonyl (C=O) groups is 1. The highest BCUT2D eigenvalue weighted by Gasteiger charge is 2.35. The first-order valence-corrected chi connectivity index (χ1v) is 7.02. The van der Waals surface area contributed by atoms with Gasteiger partial charge in [0, 0.05) is 18.8 Å². The van der Waals surface area contributed by atoms with E-state index in [1.807, 2.05) is 11.8 Å². The molecule has 0 aromatic heterocycles. The molecule has 2 atom stereocenters. The number of sulfone groups is 1. The lowest BCUT2D eigenvalue weighted by Gasteiger charge is -2.22. The van der Waals surface area contributed by atoms with Crippen LogP contribution in [0.1, 0.15) is 13.3 Å². The van der Waals surface area contributed by atoms with E-state index in [0.29, 0.717) is 19.5 Å². The minimum atomic E-state index is -2.96. The van der Waals surface area contributed by atoms with Crippen molar-refractivity contribution in [3.05, 3.63) is 0 Å². The maximum atomic E-state index is 11.0. The number of nitrogens with zero attached hydrogens (tertiary/aromatic N) is 1. The van der Waals surface area contributed by atoms with Gasteiger partial charge >= 0.3 is 5.97 Å². The lowest BCUT2D eigenvalue weighted by Crippen LogP contribution is -2.35. The summed E-state index contributed by atoms with van der Waals surface area (Å²) in [6, 6.07) is -0.0655. The van der Waals surface area contributed by atoms with Crippen LogP contribution in [0, 0.1) is 5.92 Å². The average molecular weight is 235 g/mol. The van der Waals surface area contributed by atoms with Gasteiger partial charge in [0.05, 0.1) is 11.7 Å². The Balaban J connectivity index is 2.50. The molecular weight excluding hydrogens is 218 g/mol. The molecule has 0 bridgehead atoms. The second-order valence-electron chi connectivity index (χ2n) is 4.14. The van der Waals surface area contributed by atoms with Crippen molar-refractivity contribution < 1.29 is 18.3 Å². The second kappa shape index (κ2) is 4.49. The molecule has 1 fully saturated rings. The van der Waals surface area contributed by atoms with Crippen molar-refractivity contribution in [1.82, 2.24) is 4.90 Å². The summed E-state index contributed by atoms with van der Waals surface area (Å²) in [5.74, 6) is -1.04. The van der Waals surface area contributed by atoms with Crippen molar-refractivity contribution in [2.24, 2.45) is 5.92 Å². The van der Waals surface area contributed by atoms with E-state index in [-0.39, 0.29) is 17.7 Å². The van der Waals surface area contributed by atoms with E-state index in [1.165, 1.54) is 6.26 Å². The monoisotopic (exact) mass is 235 g/mol. The zero-order valence-corrected chi connectivity index (χ0v) is 9.83. The predicted octanol–water partition coefficient (Wildman–Crippen LogP) is -0.174. The van der Waals surface area contributed by atoms with Crippen LogP contribution in [0.5, 0.6) is 0 Å². The van der Waals surface area contributed by atoms with Gasteiger partial charge in [0.15, 0.2) is 0 Å². The maximum absolute atomic E-state index is 11.0. The Morgan fingerprint density at radius 2 is 2.13 bits per heavy atom. The number of hydrogen-bond donors (Lipinski definition) is 1. The third kappa shape index (κ3) is 3.46. The van der Waals surface area contributed by atoms with Gasteiger partial charge in [-0.2, -0.15) is 0 Å². The third-order valence-corrected chi connectivity index (χ3v) is 3.88. The molecule has 88 valence electrons. The van der Waals surface area contributed by atoms with Gasteiger partial charge in [-0.3, -0.25) is 9.69 Å². The smallest absolute Gasteiger partial charge is 0.308 e. The van der Waals surface area contributed by atoms with Crippen molar-refractivity contribution >= 4 is 15.8 Å². The molecule has 2 unspecified atom stereocenters. The van der Waals surface area contributed by atoms with Crippen LogP contribution in [-0.2, 0) is 14.6 Å². The molecule has 0 aliphatic carbocycles. The molecule has 1 aliphatic rings. The van der Waals surface area contributed by atoms with E-state index in [1.54, 1.807) is 0 Å². The summed E-state index contributed by atoms with van der Waals surface area (Å²) in [6.45, 7) is 2.95. The maximum Gasteiger partial charge on any atom is 0.308 e. The summed E-state index contributed by atoms with van der Waals surface area (Å²) < 4.78 is 21.9. The van der Waals surface area contributed by atoms with Gasteiger partial charge in [-0.15, -0.1) is 0 Å². The molecule has 6 heteroatoms. The number of hydrogen-bond acceptors (Lipinski definition) is 4. The van der Waals surface area contributed by atoms with Gasteiger partial charge in [-0.25, -0.2) is 8.42 Å². The summed E-state index contributed by atoms with van der Waals surface area (Å²) in [7, 11) is -2.96. The fourth-order valence-electron chi connectivity index (χ4n) is 1.93. The zero-order chi connectivity index (χ0) is 11.6. The Morgan fingerprint density at radius 1 is 1.53 bits per heavy atom. The molecule has 1 aliphatic heterocycles. The molecule has 0 aromatic rings. The second-order valence-corrected chi connectivity index (χ2v) is 6.40. The Hall–Kier alpha value is -0.620. The van der Waals surface area contributed by atoms with Crippen molar-refractivity contribution in [3.8, 4) is 0 Å². The molecule has 0 radical (unpaired) electrons. The molecule has 5 nitrogen and oxygen atoms in total. The Kier molecular flexibility index (Phi) is 3.72. The van der Waals surface area contributed by atoms with Crippen LogP contribution in [0.3, 0.4) is 0 Å². The number of likely N-dealkylation sites (tertiary alicyclic amines) is 1. The van der Waals surface area contributed by atoms with Crippen LogP contribution in [0.25, 0.3) is 0 Å². The van der Waals surface area contributed by atoms with E-state index < -0.39 is 15.8 Å². The lowest BCUT2D eigenvalue weighted by atomic mass is 10.0. The average Bonchev–Trinajstić information content (AvgIpc) is 2.42. The van der Waals surface area contributed by atoms with E-state index in [2.05, 4.69) is 0 Å². The Labute approximate surface area is 90.0 Å². The lowest BCUT2D eigenvalue weighted by molar-refractivity contribution is -0.142. The van der Waals surface area contributed by atoms with Crippen LogP contribution in [0.2, 0.25) is 0 Å². The standard InChI is InChI=1S/C9H17NO4S/c1-7-8(9(11)12)3-4-10(7)5-6-15(2,13)14/h7-8H,3-6H2,1-2H3,(H,11,12). The summed E-state index contributed by atoms with van der Waals surface area (Å²) in [4.78, 5) is 12.7. The van der Waals surface area contributed by atoms with Crippen LogP contribution < -0.4 is 0 Å². The normalized spacial score (nSPS) is 28.1. The Morgan fingerprint density at radius 3 is 2.53 bits per heavy atom. The van der Waals surface area contributed by atoms with Gasteiger partial charge < -0.3 is 5.11 Å². The van der Waals surface area contributed by atoms with Crippen molar-refractivity contribution in [2.75, 3.05) is 25.1 Å².